The van der Waals surface area contributed by atoms with E-state index in [0.29, 0.717) is 6.61 Å². The van der Waals surface area contributed by atoms with Crippen molar-refractivity contribution in [3.05, 3.63) is 0 Å². The summed E-state index contributed by atoms with van der Waals surface area (Å²) >= 11 is 1.33. The molecule has 2 unspecified atom stereocenters. The van der Waals surface area contributed by atoms with Crippen molar-refractivity contribution in [2.45, 2.75) is 13.8 Å². The molecule has 0 spiro atoms. The second kappa shape index (κ2) is 3.94. The maximum absolute atomic E-state index is 11.1. The van der Waals surface area contributed by atoms with Gasteiger partial charge < -0.3 is 4.74 Å². The molecule has 0 amide bonds. The minimum Gasteiger partial charge on any atom is -0.466 e. The van der Waals surface area contributed by atoms with Gasteiger partial charge in [-0.3, -0.25) is 9.59 Å². The zero-order valence-corrected chi connectivity index (χ0v) is 8.02. The van der Waals surface area contributed by atoms with Crippen molar-refractivity contribution in [1.29, 1.82) is 0 Å². The number of hydrogen-bond acceptors (Lipinski definition) is 4. The van der Waals surface area contributed by atoms with E-state index in [-0.39, 0.29) is 22.9 Å². The van der Waals surface area contributed by atoms with Crippen LogP contribution >= 0.6 is 11.8 Å². The number of ether oxygens (including phenoxy) is 1. The molecule has 1 aliphatic rings. The summed E-state index contributed by atoms with van der Waals surface area (Å²) in [5.41, 5.74) is 0. The molecule has 0 bridgehead atoms. The predicted octanol–water partition coefficient (Wildman–Crippen LogP) is 1.08. The summed E-state index contributed by atoms with van der Waals surface area (Å²) in [4.78, 5) is 21.5. The van der Waals surface area contributed by atoms with Crippen LogP contribution in [0.5, 0.6) is 0 Å². The van der Waals surface area contributed by atoms with Gasteiger partial charge in [0.15, 0.2) is 5.12 Å². The smallest absolute Gasteiger partial charge is 0.302 e. The first-order chi connectivity index (χ1) is 5.61. The summed E-state index contributed by atoms with van der Waals surface area (Å²) in [6.07, 6.45) is 0. The molecule has 0 N–H and O–H groups in total. The van der Waals surface area contributed by atoms with E-state index in [9.17, 15) is 9.59 Å². The van der Waals surface area contributed by atoms with Crippen molar-refractivity contribution in [3.8, 4) is 0 Å². The molecule has 1 aliphatic heterocycles. The lowest BCUT2D eigenvalue weighted by molar-refractivity contribution is -0.143. The lowest BCUT2D eigenvalue weighted by Gasteiger charge is -2.11. The molecule has 1 fully saturated rings. The van der Waals surface area contributed by atoms with Gasteiger partial charge in [0.05, 0.1) is 6.61 Å². The third-order valence-corrected chi connectivity index (χ3v) is 3.27. The van der Waals surface area contributed by atoms with Crippen LogP contribution in [0.15, 0.2) is 0 Å². The molecule has 2 atom stereocenters. The van der Waals surface area contributed by atoms with E-state index in [4.69, 9.17) is 4.74 Å². The fraction of sp³-hybridized carbons (Fsp3) is 0.750. The van der Waals surface area contributed by atoms with Crippen LogP contribution in [0.1, 0.15) is 13.8 Å². The van der Waals surface area contributed by atoms with Gasteiger partial charge in [-0.25, -0.2) is 0 Å². The molecule has 1 heterocycles. The van der Waals surface area contributed by atoms with E-state index in [1.165, 1.54) is 18.7 Å². The van der Waals surface area contributed by atoms with Gasteiger partial charge in [0.25, 0.3) is 0 Å². The van der Waals surface area contributed by atoms with Gasteiger partial charge in [-0.2, -0.15) is 0 Å². The van der Waals surface area contributed by atoms with Crippen LogP contribution in [-0.4, -0.2) is 23.4 Å². The van der Waals surface area contributed by atoms with Crippen molar-refractivity contribution in [2.24, 2.45) is 11.8 Å². The minimum absolute atomic E-state index is 0.0364. The second-order valence-electron chi connectivity index (χ2n) is 2.98. The first-order valence-electron chi connectivity index (χ1n) is 3.91. The van der Waals surface area contributed by atoms with Gasteiger partial charge in [0, 0.05) is 24.5 Å². The molecule has 0 aliphatic carbocycles. The van der Waals surface area contributed by atoms with E-state index < -0.39 is 0 Å². The highest BCUT2D eigenvalue weighted by Crippen LogP contribution is 2.31. The average Bonchev–Trinajstić information content (AvgIpc) is 2.30. The summed E-state index contributed by atoms with van der Waals surface area (Å²) in [5.74, 6) is 0.764. The summed E-state index contributed by atoms with van der Waals surface area (Å²) in [7, 11) is 0. The number of carbonyl (C=O) groups excluding carboxylic acids is 2. The SMILES string of the molecule is CC(=O)OCC1CSC(=O)C1C. The molecule has 68 valence electrons. The third kappa shape index (κ3) is 2.24. The van der Waals surface area contributed by atoms with Crippen LogP contribution in [0.3, 0.4) is 0 Å². The molecule has 0 aromatic heterocycles. The number of thioether (sulfide) groups is 1. The zero-order valence-electron chi connectivity index (χ0n) is 7.20. The number of rotatable bonds is 2. The minimum atomic E-state index is -0.272. The van der Waals surface area contributed by atoms with Crippen LogP contribution in [0.2, 0.25) is 0 Å². The number of esters is 1. The second-order valence-corrected chi connectivity index (χ2v) is 4.01. The summed E-state index contributed by atoms with van der Waals surface area (Å²) in [6.45, 7) is 3.65. The van der Waals surface area contributed by atoms with E-state index >= 15 is 0 Å². The molecule has 12 heavy (non-hydrogen) atoms. The van der Waals surface area contributed by atoms with E-state index in [1.54, 1.807) is 0 Å². The highest BCUT2D eigenvalue weighted by molar-refractivity contribution is 8.14. The number of carbonyl (C=O) groups is 2. The molecule has 0 radical (unpaired) electrons. The maximum atomic E-state index is 11.1. The highest BCUT2D eigenvalue weighted by Gasteiger charge is 2.32. The fourth-order valence-electron chi connectivity index (χ4n) is 1.07. The lowest BCUT2D eigenvalue weighted by Crippen LogP contribution is -2.19. The lowest BCUT2D eigenvalue weighted by atomic mass is 9.99. The number of hydrogen-bond donors (Lipinski definition) is 0. The molecule has 4 heteroatoms. The molecular weight excluding hydrogens is 176 g/mol. The van der Waals surface area contributed by atoms with Gasteiger partial charge in [0.1, 0.15) is 0 Å². The van der Waals surface area contributed by atoms with Gasteiger partial charge in [0.2, 0.25) is 0 Å². The molecule has 1 saturated heterocycles. The Balaban J connectivity index is 2.34. The molecule has 0 aromatic carbocycles. The van der Waals surface area contributed by atoms with Gasteiger partial charge >= 0.3 is 5.97 Å². The van der Waals surface area contributed by atoms with Crippen LogP contribution in [0.4, 0.5) is 0 Å². The maximum Gasteiger partial charge on any atom is 0.302 e. The van der Waals surface area contributed by atoms with Crippen molar-refractivity contribution in [1.82, 2.24) is 0 Å². The third-order valence-electron chi connectivity index (χ3n) is 2.02. The average molecular weight is 188 g/mol. The predicted molar refractivity (Wildman–Crippen MR) is 46.8 cm³/mol. The van der Waals surface area contributed by atoms with Crippen LogP contribution in [0.25, 0.3) is 0 Å². The van der Waals surface area contributed by atoms with E-state index in [2.05, 4.69) is 0 Å². The summed E-state index contributed by atoms with van der Waals surface area (Å²) < 4.78 is 4.84. The first kappa shape index (κ1) is 9.58. The first-order valence-corrected chi connectivity index (χ1v) is 4.90. The Hall–Kier alpha value is -0.510. The Bertz CT molecular complexity index is 202. The van der Waals surface area contributed by atoms with Crippen molar-refractivity contribution < 1.29 is 14.3 Å². The Labute approximate surface area is 75.8 Å². The van der Waals surface area contributed by atoms with Crippen molar-refractivity contribution >= 4 is 22.8 Å². The van der Waals surface area contributed by atoms with Gasteiger partial charge in [-0.05, 0) is 0 Å². The normalized spacial score (nSPS) is 29.0. The van der Waals surface area contributed by atoms with Crippen molar-refractivity contribution in [3.63, 3.8) is 0 Å². The quantitative estimate of drug-likeness (QED) is 0.608. The Kier molecular flexibility index (Phi) is 3.14. The van der Waals surface area contributed by atoms with Crippen LogP contribution < -0.4 is 0 Å². The molecule has 3 nitrogen and oxygen atoms in total. The summed E-state index contributed by atoms with van der Waals surface area (Å²) in [5, 5.41) is 0.215. The van der Waals surface area contributed by atoms with E-state index in [1.807, 2.05) is 6.92 Å². The molecular formula is C8H12O3S. The monoisotopic (exact) mass is 188 g/mol. The van der Waals surface area contributed by atoms with Crippen LogP contribution in [-0.2, 0) is 14.3 Å². The highest BCUT2D eigenvalue weighted by atomic mass is 32.2. The largest absolute Gasteiger partial charge is 0.466 e. The Morgan fingerprint density at radius 1 is 1.75 bits per heavy atom. The standard InChI is InChI=1S/C8H12O3S/c1-5-7(3-11-6(2)9)4-12-8(5)10/h5,7H,3-4H2,1-2H3. The topological polar surface area (TPSA) is 43.4 Å². The van der Waals surface area contributed by atoms with E-state index in [0.717, 1.165) is 5.75 Å². The molecule has 0 aromatic rings. The molecule has 0 saturated carbocycles. The Morgan fingerprint density at radius 3 is 2.83 bits per heavy atom. The Morgan fingerprint density at radius 2 is 2.42 bits per heavy atom. The zero-order chi connectivity index (χ0) is 9.14. The van der Waals surface area contributed by atoms with Gasteiger partial charge in [-0.15, -0.1) is 0 Å². The van der Waals surface area contributed by atoms with Crippen molar-refractivity contribution in [2.75, 3.05) is 12.4 Å². The molecule has 1 rings (SSSR count). The fourth-order valence-corrected chi connectivity index (χ4v) is 2.29. The van der Waals surface area contributed by atoms with Crippen LogP contribution in [0, 0.1) is 11.8 Å². The van der Waals surface area contributed by atoms with Gasteiger partial charge in [-0.1, -0.05) is 18.7 Å². The summed E-state index contributed by atoms with van der Waals surface area (Å²) in [6, 6.07) is 0.